The molecule has 137 heavy (non-hydrogen) atoms. The highest BCUT2D eigenvalue weighted by Crippen LogP contribution is 2.47. The fraction of sp³-hybridized carbons (Fsp3) is 0.313. The lowest BCUT2D eigenvalue weighted by molar-refractivity contribution is -0.127. The summed E-state index contributed by atoms with van der Waals surface area (Å²) in [6.45, 7) is 56.9. The molecule has 0 unspecified atom stereocenters. The first-order valence-corrected chi connectivity index (χ1v) is 48.3. The molecule has 0 spiro atoms. The minimum absolute atomic E-state index is 0.104. The average Bonchev–Trinajstić information content (AvgIpc) is 1.60. The van der Waals surface area contributed by atoms with Crippen LogP contribution in [0.3, 0.4) is 0 Å². The van der Waals surface area contributed by atoms with E-state index >= 15 is 0 Å². The van der Waals surface area contributed by atoms with Gasteiger partial charge >= 0.3 is 0 Å². The van der Waals surface area contributed by atoms with E-state index in [4.69, 9.17) is 0 Å². The molecular weight excluding hydrogens is 1670 g/mol. The summed E-state index contributed by atoms with van der Waals surface area (Å²) in [5.41, 5.74) is 17.6. The first kappa shape index (κ1) is 115. The number of fused-ring (bicyclic) bond motifs is 9. The maximum Gasteiger partial charge on any atom is 0.168 e. The van der Waals surface area contributed by atoms with Crippen molar-refractivity contribution in [3.63, 3.8) is 0 Å². The van der Waals surface area contributed by atoms with E-state index in [1.165, 1.54) is 99.9 Å². The molecule has 0 radical (unpaired) electrons. The summed E-state index contributed by atoms with van der Waals surface area (Å²) in [6, 6.07) is 134. The molecule has 15 aromatic rings. The van der Waals surface area contributed by atoms with E-state index in [1.807, 2.05) is 203 Å². The third kappa shape index (κ3) is 42.1. The number of rotatable bonds is 5. The largest absolute Gasteiger partial charge is 0.299 e. The molecule has 6 heteroatoms. The van der Waals surface area contributed by atoms with Crippen molar-refractivity contribution in [2.45, 2.75) is 226 Å². The molecule has 0 amide bonds. The minimum Gasteiger partial charge on any atom is -0.299 e. The zero-order valence-electron chi connectivity index (χ0n) is 88.1. The fourth-order valence-electron chi connectivity index (χ4n) is 12.7. The predicted molar refractivity (Wildman–Crippen MR) is 592 cm³/mol. The van der Waals surface area contributed by atoms with Gasteiger partial charge in [-0.25, -0.2) is 0 Å². The Hall–Kier alpha value is -12.9. The van der Waals surface area contributed by atoms with E-state index in [-0.39, 0.29) is 67.3 Å². The average molecular weight is 1830 g/mol. The Bertz CT molecular complexity index is 5640. The Morgan fingerprint density at radius 1 is 0.234 bits per heavy atom. The maximum atomic E-state index is 12.8. The first-order valence-electron chi connectivity index (χ1n) is 48.3. The highest BCUT2D eigenvalue weighted by atomic mass is 16.1. The van der Waals surface area contributed by atoms with Gasteiger partial charge in [0.1, 0.15) is 28.9 Å². The van der Waals surface area contributed by atoms with Crippen LogP contribution in [0.2, 0.25) is 0 Å². The molecule has 0 aromatic heterocycles. The summed E-state index contributed by atoms with van der Waals surface area (Å²) in [4.78, 5) is 66.3. The van der Waals surface area contributed by atoms with Crippen molar-refractivity contribution < 1.29 is 28.8 Å². The monoisotopic (exact) mass is 1830 g/mol. The highest BCUT2D eigenvalue weighted by molar-refractivity contribution is 6.01. The van der Waals surface area contributed by atoms with Gasteiger partial charge in [-0.05, 0) is 168 Å². The zero-order chi connectivity index (χ0) is 102. The lowest BCUT2D eigenvalue weighted by Gasteiger charge is -2.23. The second-order valence-corrected chi connectivity index (χ2v) is 43.4. The molecule has 0 heterocycles. The lowest BCUT2D eigenvalue weighted by atomic mass is 9.79. The number of hydrogen-bond acceptors (Lipinski definition) is 6. The van der Waals surface area contributed by atoms with Crippen LogP contribution in [0, 0.1) is 43.3 Å². The molecule has 2 aliphatic rings. The van der Waals surface area contributed by atoms with Crippen LogP contribution in [0.25, 0.3) is 76.8 Å². The number of hydrogen-bond donors (Lipinski definition) is 0. The molecule has 0 bridgehead atoms. The van der Waals surface area contributed by atoms with Crippen LogP contribution < -0.4 is 0 Å². The first-order chi connectivity index (χ1) is 64.2. The Morgan fingerprint density at radius 2 is 0.445 bits per heavy atom. The van der Waals surface area contributed by atoms with E-state index in [0.717, 1.165) is 29.5 Å². The van der Waals surface area contributed by atoms with Crippen molar-refractivity contribution in [2.75, 3.05) is 0 Å². The van der Waals surface area contributed by atoms with Gasteiger partial charge in [0.15, 0.2) is 5.78 Å². The Balaban J connectivity index is 0.000000265. The van der Waals surface area contributed by atoms with Crippen molar-refractivity contribution in [1.29, 1.82) is 0 Å². The van der Waals surface area contributed by atoms with Crippen LogP contribution >= 0.6 is 0 Å². The van der Waals surface area contributed by atoms with Gasteiger partial charge in [0, 0.05) is 38.1 Å². The number of carbonyl (C=O) groups is 6. The van der Waals surface area contributed by atoms with Crippen LogP contribution in [-0.4, -0.2) is 34.7 Å². The predicted octanol–water partition coefficient (Wildman–Crippen LogP) is 36.3. The molecule has 0 saturated carbocycles. The van der Waals surface area contributed by atoms with Gasteiger partial charge in [-0.15, -0.1) is 0 Å². The van der Waals surface area contributed by atoms with Crippen LogP contribution in [0.4, 0.5) is 0 Å². The Labute approximate surface area is 825 Å². The summed E-state index contributed by atoms with van der Waals surface area (Å²) in [6.07, 6.45) is 3.53. The van der Waals surface area contributed by atoms with Crippen LogP contribution in [0.1, 0.15) is 251 Å². The summed E-state index contributed by atoms with van der Waals surface area (Å²) >= 11 is 0. The van der Waals surface area contributed by atoms with Gasteiger partial charge < -0.3 is 0 Å². The number of benzene rings is 15. The zero-order valence-corrected chi connectivity index (χ0v) is 88.1. The molecule has 0 saturated heterocycles. The number of Topliss-reactive ketones (excluding diaryl/α,β-unsaturated/α-hetero) is 6. The van der Waals surface area contributed by atoms with Gasteiger partial charge in [0.05, 0.1) is 5.92 Å². The Kier molecular flexibility index (Phi) is 45.8. The molecule has 718 valence electrons. The van der Waals surface area contributed by atoms with E-state index in [0.29, 0.717) is 16.6 Å². The van der Waals surface area contributed by atoms with E-state index < -0.39 is 0 Å². The molecule has 0 aliphatic heterocycles. The van der Waals surface area contributed by atoms with Crippen LogP contribution in [0.15, 0.2) is 388 Å². The normalized spacial score (nSPS) is 11.4. The van der Waals surface area contributed by atoms with Crippen molar-refractivity contribution in [3.05, 3.63) is 422 Å². The van der Waals surface area contributed by atoms with Crippen molar-refractivity contribution >= 4 is 67.0 Å². The molecule has 0 fully saturated rings. The maximum absolute atomic E-state index is 12.8. The van der Waals surface area contributed by atoms with Gasteiger partial charge in [-0.3, -0.25) is 28.8 Å². The van der Waals surface area contributed by atoms with Crippen LogP contribution in [0.5, 0.6) is 0 Å². The van der Waals surface area contributed by atoms with Crippen LogP contribution in [-0.2, 0) is 36.8 Å². The molecule has 0 atom stereocenters. The summed E-state index contributed by atoms with van der Waals surface area (Å²) in [5.74, 6) is 1.36. The van der Waals surface area contributed by atoms with Gasteiger partial charge in [0.2, 0.25) is 0 Å². The van der Waals surface area contributed by atoms with Crippen molar-refractivity contribution in [3.8, 4) is 44.5 Å². The molecule has 15 aromatic carbocycles. The number of carbonyl (C=O) groups excluding carboxylic acids is 6. The van der Waals surface area contributed by atoms with E-state index in [1.54, 1.807) is 27.7 Å². The summed E-state index contributed by atoms with van der Waals surface area (Å²) in [7, 11) is 0. The minimum atomic E-state index is -0.324. The Morgan fingerprint density at radius 3 is 0.679 bits per heavy atom. The molecule has 2 aliphatic carbocycles. The second-order valence-electron chi connectivity index (χ2n) is 43.4. The fourth-order valence-corrected chi connectivity index (χ4v) is 12.7. The molecule has 0 N–H and O–H groups in total. The molecule has 17 rings (SSSR count). The third-order valence-corrected chi connectivity index (χ3v) is 23.2. The van der Waals surface area contributed by atoms with Gasteiger partial charge in [-0.2, -0.15) is 0 Å². The van der Waals surface area contributed by atoms with Gasteiger partial charge in [-0.1, -0.05) is 556 Å². The van der Waals surface area contributed by atoms with Gasteiger partial charge in [0.25, 0.3) is 0 Å². The molecular formula is C131H158O6. The summed E-state index contributed by atoms with van der Waals surface area (Å²) < 4.78 is 0. The molecule has 6 nitrogen and oxygen atoms in total. The standard InChI is InChI=1S/C18H18O.C14H10.C13H10.2C12H10.C11H14O.C11H16.C10H8.4C6H12O.C6H14/c1-18(2,3)17(19)16-14-10-6-4-8-12(14)13-9-5-7-11-15(13)16;1-2-6-12-10-14-8-4-3-7-13(14)9-11(12)5-1;1-3-7-12-10(5-1)9-11-6-2-4-8-13(11)12;2*1-3-7-11(8-4-1)12-9-5-2-6-10-12;1-11(2,3)10(12)9-7-5-4-6-8-9;1-11(2,3)9-10-7-5-4-6-8-10;1-2-6-10-8-4-3-7-9(10)5-1;4*1-5(7)6(2,3)4;1-5-6(2,3)4/h4-11,16H,1-3H3;1-10H;1-8H,9H2;2*1-10H;4-8H,1-3H3;4-8H,9H2,1-3H3;1-8H;4*1-4H3;5H2,1-4H3. The van der Waals surface area contributed by atoms with E-state index in [9.17, 15) is 28.8 Å². The lowest BCUT2D eigenvalue weighted by Crippen LogP contribution is -2.26. The number of ketones is 6. The van der Waals surface area contributed by atoms with E-state index in [2.05, 4.69) is 358 Å². The SMILES string of the molecule is CC(=O)C(C)(C)C.CC(=O)C(C)(C)C.CC(=O)C(C)(C)C.CC(=O)C(C)(C)C.CC(C)(C)C(=O)C1c2ccccc2-c2ccccc21.CC(C)(C)C(=O)c1ccccc1.CC(C)(C)Cc1ccccc1.CCC(C)(C)C.c1ccc(-c2ccccc2)cc1.c1ccc(-c2ccccc2)cc1.c1ccc2c(c1)Cc1ccccc1-2.c1ccc2cc3ccccc3cc2c1.c1ccc2ccccc2c1. The van der Waals surface area contributed by atoms with Crippen molar-refractivity contribution in [1.82, 2.24) is 0 Å². The topological polar surface area (TPSA) is 102 Å². The van der Waals surface area contributed by atoms with Crippen molar-refractivity contribution in [2.24, 2.45) is 43.3 Å². The highest BCUT2D eigenvalue weighted by Gasteiger charge is 2.38. The quantitative estimate of drug-likeness (QED) is 0.126. The second kappa shape index (κ2) is 54.7. The third-order valence-electron chi connectivity index (χ3n) is 23.2. The smallest absolute Gasteiger partial charge is 0.168 e. The summed E-state index contributed by atoms with van der Waals surface area (Å²) in [5, 5.41) is 7.87.